The van der Waals surface area contributed by atoms with E-state index in [9.17, 15) is 4.79 Å². The van der Waals surface area contributed by atoms with Crippen LogP contribution in [0.2, 0.25) is 0 Å². The summed E-state index contributed by atoms with van der Waals surface area (Å²) in [7, 11) is 1.74. The third-order valence-electron chi connectivity index (χ3n) is 1.79. The largest absolute Gasteiger partial charge is 0.322 e. The minimum atomic E-state index is 0.0344. The zero-order chi connectivity index (χ0) is 9.68. The molecule has 1 aromatic rings. The van der Waals surface area contributed by atoms with Gasteiger partial charge < -0.3 is 4.90 Å². The molecule has 0 unspecified atom stereocenters. The van der Waals surface area contributed by atoms with Crippen LogP contribution >= 0.6 is 0 Å². The van der Waals surface area contributed by atoms with Crippen LogP contribution in [0.4, 0.5) is 0 Å². The minimum Gasteiger partial charge on any atom is -0.322 e. The van der Waals surface area contributed by atoms with Gasteiger partial charge in [-0.3, -0.25) is 4.79 Å². The molecule has 2 heteroatoms. The van der Waals surface area contributed by atoms with Crippen molar-refractivity contribution >= 4 is 12.0 Å². The lowest BCUT2D eigenvalue weighted by molar-refractivity contribution is -0.125. The smallest absolute Gasteiger partial charge is 0.223 e. The van der Waals surface area contributed by atoms with Gasteiger partial charge in [-0.05, 0) is 11.6 Å². The fourth-order valence-corrected chi connectivity index (χ4v) is 0.867. The topological polar surface area (TPSA) is 20.3 Å². The molecule has 0 aliphatic heterocycles. The summed E-state index contributed by atoms with van der Waals surface area (Å²) in [6.45, 7) is 1.54. The molecule has 1 amide bonds. The highest BCUT2D eigenvalue weighted by molar-refractivity contribution is 5.74. The van der Waals surface area contributed by atoms with E-state index in [0.717, 1.165) is 5.56 Å². The Kier molecular flexibility index (Phi) is 3.26. The van der Waals surface area contributed by atoms with Gasteiger partial charge in [0, 0.05) is 20.2 Å². The summed E-state index contributed by atoms with van der Waals surface area (Å²) in [6, 6.07) is 9.88. The van der Waals surface area contributed by atoms with E-state index in [2.05, 4.69) is 0 Å². The fourth-order valence-electron chi connectivity index (χ4n) is 0.867. The molecule has 0 aromatic heterocycles. The molecule has 0 fully saturated rings. The first-order valence-electron chi connectivity index (χ1n) is 4.17. The molecule has 0 radical (unpaired) electrons. The molecule has 0 saturated carbocycles. The SMILES string of the molecule is CC(=O)N(C)C=Cc1ccccc1. The molecule has 1 rings (SSSR count). The molecule has 0 heterocycles. The first-order valence-corrected chi connectivity index (χ1v) is 4.17. The van der Waals surface area contributed by atoms with E-state index in [1.165, 1.54) is 6.92 Å². The van der Waals surface area contributed by atoms with Crippen molar-refractivity contribution in [1.29, 1.82) is 0 Å². The van der Waals surface area contributed by atoms with Crippen LogP contribution in [0.15, 0.2) is 36.5 Å². The second kappa shape index (κ2) is 4.45. The molecule has 13 heavy (non-hydrogen) atoms. The predicted octanol–water partition coefficient (Wildman–Crippen LogP) is 2.14. The summed E-state index contributed by atoms with van der Waals surface area (Å²) in [5.41, 5.74) is 1.09. The lowest BCUT2D eigenvalue weighted by Crippen LogP contribution is -2.16. The van der Waals surface area contributed by atoms with Crippen LogP contribution in [0.1, 0.15) is 12.5 Å². The highest BCUT2D eigenvalue weighted by atomic mass is 16.2. The van der Waals surface area contributed by atoms with Gasteiger partial charge in [0.2, 0.25) is 5.91 Å². The van der Waals surface area contributed by atoms with Crippen LogP contribution in [-0.2, 0) is 4.79 Å². The second-order valence-corrected chi connectivity index (χ2v) is 2.86. The minimum absolute atomic E-state index is 0.0344. The Hall–Kier alpha value is -1.57. The van der Waals surface area contributed by atoms with Crippen molar-refractivity contribution in [2.75, 3.05) is 7.05 Å². The number of carbonyl (C=O) groups is 1. The number of hydrogen-bond acceptors (Lipinski definition) is 1. The van der Waals surface area contributed by atoms with Gasteiger partial charge in [-0.1, -0.05) is 30.3 Å². The molecule has 0 aliphatic rings. The lowest BCUT2D eigenvalue weighted by Gasteiger charge is -2.06. The third-order valence-corrected chi connectivity index (χ3v) is 1.79. The maximum Gasteiger partial charge on any atom is 0.223 e. The zero-order valence-corrected chi connectivity index (χ0v) is 7.90. The molecule has 68 valence electrons. The number of benzene rings is 1. The summed E-state index contributed by atoms with van der Waals surface area (Å²) in [5, 5.41) is 0. The lowest BCUT2D eigenvalue weighted by atomic mass is 10.2. The molecule has 0 atom stereocenters. The van der Waals surface area contributed by atoms with Gasteiger partial charge in [-0.2, -0.15) is 0 Å². The van der Waals surface area contributed by atoms with Crippen LogP contribution in [0.5, 0.6) is 0 Å². The summed E-state index contributed by atoms with van der Waals surface area (Å²) >= 11 is 0. The van der Waals surface area contributed by atoms with E-state index < -0.39 is 0 Å². The van der Waals surface area contributed by atoms with Crippen LogP contribution in [-0.4, -0.2) is 17.9 Å². The quantitative estimate of drug-likeness (QED) is 0.674. The van der Waals surface area contributed by atoms with Crippen LogP contribution in [0, 0.1) is 0 Å². The third kappa shape index (κ3) is 3.11. The van der Waals surface area contributed by atoms with E-state index in [-0.39, 0.29) is 5.91 Å². The Morgan fingerprint density at radius 1 is 1.31 bits per heavy atom. The van der Waals surface area contributed by atoms with Crippen molar-refractivity contribution in [3.63, 3.8) is 0 Å². The Labute approximate surface area is 78.5 Å². The predicted molar refractivity (Wildman–Crippen MR) is 53.9 cm³/mol. The van der Waals surface area contributed by atoms with Gasteiger partial charge in [0.15, 0.2) is 0 Å². The van der Waals surface area contributed by atoms with Gasteiger partial charge in [0.1, 0.15) is 0 Å². The second-order valence-electron chi connectivity index (χ2n) is 2.86. The molecule has 2 nitrogen and oxygen atoms in total. The van der Waals surface area contributed by atoms with Gasteiger partial charge in [-0.25, -0.2) is 0 Å². The first kappa shape index (κ1) is 9.52. The number of carbonyl (C=O) groups excluding carboxylic acids is 1. The zero-order valence-electron chi connectivity index (χ0n) is 7.90. The number of nitrogens with zero attached hydrogens (tertiary/aromatic N) is 1. The van der Waals surface area contributed by atoms with E-state index >= 15 is 0 Å². The molecule has 0 spiro atoms. The summed E-state index contributed by atoms with van der Waals surface area (Å²) < 4.78 is 0. The molecule has 0 aliphatic carbocycles. The number of hydrogen-bond donors (Lipinski definition) is 0. The summed E-state index contributed by atoms with van der Waals surface area (Å²) in [6.07, 6.45) is 3.67. The molecule has 1 aromatic carbocycles. The van der Waals surface area contributed by atoms with Gasteiger partial charge in [0.05, 0.1) is 0 Å². The van der Waals surface area contributed by atoms with Gasteiger partial charge in [0.25, 0.3) is 0 Å². The number of amides is 1. The number of rotatable bonds is 2. The van der Waals surface area contributed by atoms with Crippen molar-refractivity contribution in [3.8, 4) is 0 Å². The maximum absolute atomic E-state index is 10.8. The summed E-state index contributed by atoms with van der Waals surface area (Å²) in [5.74, 6) is 0.0344. The van der Waals surface area contributed by atoms with Crippen molar-refractivity contribution in [1.82, 2.24) is 4.90 Å². The Bertz CT molecular complexity index is 303. The normalized spacial score (nSPS) is 10.3. The van der Waals surface area contributed by atoms with E-state index in [1.54, 1.807) is 18.1 Å². The van der Waals surface area contributed by atoms with Crippen molar-refractivity contribution in [3.05, 3.63) is 42.1 Å². The standard InChI is InChI=1S/C11H13NO/c1-10(13)12(2)9-8-11-6-4-3-5-7-11/h3-9H,1-2H3. The van der Waals surface area contributed by atoms with Crippen LogP contribution in [0.25, 0.3) is 6.08 Å². The average Bonchev–Trinajstić information content (AvgIpc) is 2.15. The Morgan fingerprint density at radius 3 is 2.46 bits per heavy atom. The van der Waals surface area contributed by atoms with Crippen molar-refractivity contribution in [2.24, 2.45) is 0 Å². The monoisotopic (exact) mass is 175 g/mol. The first-order chi connectivity index (χ1) is 6.20. The van der Waals surface area contributed by atoms with Crippen LogP contribution < -0.4 is 0 Å². The molecule has 0 N–H and O–H groups in total. The van der Waals surface area contributed by atoms with Crippen molar-refractivity contribution < 1.29 is 4.79 Å². The Morgan fingerprint density at radius 2 is 1.92 bits per heavy atom. The van der Waals surface area contributed by atoms with Gasteiger partial charge in [-0.15, -0.1) is 0 Å². The van der Waals surface area contributed by atoms with Crippen LogP contribution in [0.3, 0.4) is 0 Å². The average molecular weight is 175 g/mol. The molecule has 0 saturated heterocycles. The highest BCUT2D eigenvalue weighted by Gasteiger charge is 1.94. The van der Waals surface area contributed by atoms with Crippen molar-refractivity contribution in [2.45, 2.75) is 6.92 Å². The van der Waals surface area contributed by atoms with E-state index in [1.807, 2.05) is 36.4 Å². The van der Waals surface area contributed by atoms with E-state index in [0.29, 0.717) is 0 Å². The molecular weight excluding hydrogens is 162 g/mol. The highest BCUT2D eigenvalue weighted by Crippen LogP contribution is 2.01. The fraction of sp³-hybridized carbons (Fsp3) is 0.182. The molecular formula is C11H13NO. The maximum atomic E-state index is 10.8. The van der Waals surface area contributed by atoms with Gasteiger partial charge >= 0.3 is 0 Å². The Balaban J connectivity index is 2.64. The summed E-state index contributed by atoms with van der Waals surface area (Å²) in [4.78, 5) is 12.4. The van der Waals surface area contributed by atoms with E-state index in [4.69, 9.17) is 0 Å². The molecule has 0 bridgehead atoms.